The molecule has 4 rings (SSSR count). The highest BCUT2D eigenvalue weighted by Gasteiger charge is 2.36. The van der Waals surface area contributed by atoms with E-state index in [2.05, 4.69) is 5.32 Å². The summed E-state index contributed by atoms with van der Waals surface area (Å²) in [5.74, 6) is -0.426. The summed E-state index contributed by atoms with van der Waals surface area (Å²) in [6.07, 6.45) is 0.186. The lowest BCUT2D eigenvalue weighted by Crippen LogP contribution is -2.56. The molecular formula is C36H39Cl2N3O5S. The van der Waals surface area contributed by atoms with Gasteiger partial charge < -0.3 is 15.0 Å². The molecule has 11 heteroatoms. The van der Waals surface area contributed by atoms with Crippen molar-refractivity contribution in [1.82, 2.24) is 10.2 Å². The number of anilines is 1. The fraction of sp³-hybridized carbons (Fsp3) is 0.278. The zero-order valence-electron chi connectivity index (χ0n) is 26.8. The number of hydrogen-bond donors (Lipinski definition) is 1. The van der Waals surface area contributed by atoms with Gasteiger partial charge in [0.25, 0.3) is 10.0 Å². The van der Waals surface area contributed by atoms with Gasteiger partial charge in [-0.3, -0.25) is 13.9 Å². The molecule has 1 atom stereocenters. The lowest BCUT2D eigenvalue weighted by atomic mass is 10.0. The maximum absolute atomic E-state index is 14.6. The first-order chi connectivity index (χ1) is 22.3. The molecule has 0 saturated carbocycles. The van der Waals surface area contributed by atoms with Crippen molar-refractivity contribution in [3.63, 3.8) is 0 Å². The number of carbonyl (C=O) groups is 2. The Hall–Kier alpha value is -4.05. The predicted octanol–water partition coefficient (Wildman–Crippen LogP) is 7.14. The second-order valence-electron chi connectivity index (χ2n) is 12.0. The van der Waals surface area contributed by atoms with Crippen LogP contribution in [0, 0.1) is 0 Å². The SMILES string of the molecule is CCOc1ccc(N(CC(=O)N(Cc2ccccc2Cl)C(Cc2ccccc2)C(=O)NC(C)(C)C)S(=O)(=O)c2ccc(Cl)cc2)cc1. The first-order valence-electron chi connectivity index (χ1n) is 15.2. The summed E-state index contributed by atoms with van der Waals surface area (Å²) in [5.41, 5.74) is 1.08. The number of amides is 2. The van der Waals surface area contributed by atoms with Crippen LogP contribution in [0.25, 0.3) is 0 Å². The molecule has 4 aromatic rings. The zero-order valence-corrected chi connectivity index (χ0v) is 29.1. The molecule has 4 aromatic carbocycles. The topological polar surface area (TPSA) is 96.0 Å². The summed E-state index contributed by atoms with van der Waals surface area (Å²) in [6.45, 7) is 7.22. The number of nitrogens with one attached hydrogen (secondary N) is 1. The summed E-state index contributed by atoms with van der Waals surface area (Å²) in [6, 6.07) is 27.6. The number of nitrogens with zero attached hydrogens (tertiary/aromatic N) is 2. The van der Waals surface area contributed by atoms with E-state index in [1.807, 2.05) is 58.0 Å². The smallest absolute Gasteiger partial charge is 0.264 e. The van der Waals surface area contributed by atoms with Gasteiger partial charge in [-0.1, -0.05) is 71.7 Å². The third-order valence-corrected chi connectivity index (χ3v) is 9.59. The highest BCUT2D eigenvalue weighted by atomic mass is 35.5. The molecule has 2 amide bonds. The Morgan fingerprint density at radius 2 is 1.47 bits per heavy atom. The molecule has 0 aliphatic carbocycles. The molecule has 0 aromatic heterocycles. The molecule has 0 saturated heterocycles. The monoisotopic (exact) mass is 695 g/mol. The number of benzene rings is 4. The van der Waals surface area contributed by atoms with Crippen molar-refractivity contribution < 1.29 is 22.7 Å². The number of halogens is 2. The molecule has 0 radical (unpaired) electrons. The third-order valence-electron chi connectivity index (χ3n) is 7.18. The zero-order chi connectivity index (χ0) is 34.2. The average Bonchev–Trinajstić information content (AvgIpc) is 3.02. The quantitative estimate of drug-likeness (QED) is 0.160. The number of rotatable bonds is 13. The summed E-state index contributed by atoms with van der Waals surface area (Å²) in [7, 11) is -4.28. The molecule has 0 heterocycles. The molecule has 0 spiro atoms. The van der Waals surface area contributed by atoms with Crippen LogP contribution in [0.3, 0.4) is 0 Å². The predicted molar refractivity (Wildman–Crippen MR) is 187 cm³/mol. The molecule has 248 valence electrons. The van der Waals surface area contributed by atoms with Crippen molar-refractivity contribution in [2.45, 2.75) is 57.1 Å². The van der Waals surface area contributed by atoms with Gasteiger partial charge in [0.2, 0.25) is 11.8 Å². The van der Waals surface area contributed by atoms with E-state index >= 15 is 0 Å². The summed E-state index contributed by atoms with van der Waals surface area (Å²) in [4.78, 5) is 30.0. The standard InChI is InChI=1S/C36H39Cl2N3O5S/c1-5-46-30-19-17-29(18-20-30)41(47(44,45)31-21-15-28(37)16-22-31)25-34(42)40(24-27-13-9-10-14-32(27)38)33(35(43)39-36(2,3)4)23-26-11-7-6-8-12-26/h6-22,33H,5,23-25H2,1-4H3,(H,39,43). The molecule has 0 aliphatic heterocycles. The van der Waals surface area contributed by atoms with Gasteiger partial charge in [-0.15, -0.1) is 0 Å². The Morgan fingerprint density at radius 3 is 2.06 bits per heavy atom. The number of carbonyl (C=O) groups excluding carboxylic acids is 2. The van der Waals surface area contributed by atoms with Gasteiger partial charge in [0.05, 0.1) is 17.2 Å². The van der Waals surface area contributed by atoms with Gasteiger partial charge in [0.1, 0.15) is 18.3 Å². The van der Waals surface area contributed by atoms with Crippen molar-refractivity contribution in [3.8, 4) is 5.75 Å². The molecule has 1 N–H and O–H groups in total. The minimum Gasteiger partial charge on any atom is -0.494 e. The molecule has 8 nitrogen and oxygen atoms in total. The highest BCUT2D eigenvalue weighted by Crippen LogP contribution is 2.28. The van der Waals surface area contributed by atoms with Gasteiger partial charge >= 0.3 is 0 Å². The second kappa shape index (κ2) is 15.7. The van der Waals surface area contributed by atoms with Crippen molar-refractivity contribution in [2.75, 3.05) is 17.5 Å². The maximum atomic E-state index is 14.6. The fourth-order valence-electron chi connectivity index (χ4n) is 4.95. The minimum absolute atomic E-state index is 0.0360. The minimum atomic E-state index is -4.28. The normalized spacial score (nSPS) is 12.2. The van der Waals surface area contributed by atoms with E-state index in [1.54, 1.807) is 48.5 Å². The van der Waals surface area contributed by atoms with Crippen LogP contribution in [-0.4, -0.2) is 49.9 Å². The van der Waals surface area contributed by atoms with Gasteiger partial charge in [0, 0.05) is 28.5 Å². The van der Waals surface area contributed by atoms with Crippen molar-refractivity contribution in [2.24, 2.45) is 0 Å². The first-order valence-corrected chi connectivity index (χ1v) is 17.4. The van der Waals surface area contributed by atoms with Gasteiger partial charge in [-0.2, -0.15) is 0 Å². The van der Waals surface area contributed by atoms with Crippen LogP contribution < -0.4 is 14.4 Å². The van der Waals surface area contributed by atoms with Crippen LogP contribution in [0.2, 0.25) is 10.0 Å². The van der Waals surface area contributed by atoms with Gasteiger partial charge in [0.15, 0.2) is 0 Å². The molecule has 47 heavy (non-hydrogen) atoms. The Kier molecular flexibility index (Phi) is 12.0. The third kappa shape index (κ3) is 9.73. The number of ether oxygens (including phenoxy) is 1. The summed E-state index contributed by atoms with van der Waals surface area (Å²) < 4.78 is 35.0. The van der Waals surface area contributed by atoms with Crippen molar-refractivity contribution in [3.05, 3.63) is 124 Å². The summed E-state index contributed by atoms with van der Waals surface area (Å²) >= 11 is 12.6. The molecule has 0 aliphatic rings. The number of sulfonamides is 1. The molecule has 1 unspecified atom stereocenters. The van der Waals surface area contributed by atoms with Crippen LogP contribution in [-0.2, 0) is 32.6 Å². The lowest BCUT2D eigenvalue weighted by molar-refractivity contribution is -0.140. The van der Waals surface area contributed by atoms with E-state index < -0.39 is 34.1 Å². The summed E-state index contributed by atoms with van der Waals surface area (Å²) in [5, 5.41) is 3.80. The lowest BCUT2D eigenvalue weighted by Gasteiger charge is -2.35. The van der Waals surface area contributed by atoms with E-state index in [9.17, 15) is 18.0 Å². The van der Waals surface area contributed by atoms with Crippen molar-refractivity contribution >= 4 is 50.7 Å². The van der Waals surface area contributed by atoms with E-state index in [0.717, 1.165) is 9.87 Å². The fourth-order valence-corrected chi connectivity index (χ4v) is 6.69. The highest BCUT2D eigenvalue weighted by molar-refractivity contribution is 7.92. The van der Waals surface area contributed by atoms with E-state index in [0.29, 0.717) is 28.0 Å². The van der Waals surface area contributed by atoms with E-state index in [1.165, 1.54) is 29.2 Å². The van der Waals surface area contributed by atoms with Crippen LogP contribution in [0.15, 0.2) is 108 Å². The van der Waals surface area contributed by atoms with Crippen LogP contribution in [0.5, 0.6) is 5.75 Å². The number of hydrogen-bond acceptors (Lipinski definition) is 5. The average molecular weight is 697 g/mol. The maximum Gasteiger partial charge on any atom is 0.264 e. The molecule has 0 bridgehead atoms. The van der Waals surface area contributed by atoms with Crippen LogP contribution in [0.1, 0.15) is 38.8 Å². The van der Waals surface area contributed by atoms with E-state index in [-0.39, 0.29) is 29.5 Å². The van der Waals surface area contributed by atoms with E-state index in [4.69, 9.17) is 27.9 Å². The van der Waals surface area contributed by atoms with Crippen molar-refractivity contribution in [1.29, 1.82) is 0 Å². The Labute approximate surface area is 287 Å². The van der Waals surface area contributed by atoms with Gasteiger partial charge in [-0.25, -0.2) is 8.42 Å². The largest absolute Gasteiger partial charge is 0.494 e. The Morgan fingerprint density at radius 1 is 0.851 bits per heavy atom. The Balaban J connectivity index is 1.82. The van der Waals surface area contributed by atoms with Crippen LogP contribution >= 0.6 is 23.2 Å². The Bertz CT molecular complexity index is 1760. The van der Waals surface area contributed by atoms with Gasteiger partial charge in [-0.05, 0) is 93.4 Å². The van der Waals surface area contributed by atoms with Crippen LogP contribution in [0.4, 0.5) is 5.69 Å². The second-order valence-corrected chi connectivity index (χ2v) is 14.7. The molecular weight excluding hydrogens is 657 g/mol. The first kappa shape index (κ1) is 35.8. The molecule has 0 fully saturated rings.